The van der Waals surface area contributed by atoms with Gasteiger partial charge in [0.2, 0.25) is 0 Å². The number of ether oxygens (including phenoxy) is 1. The third-order valence-corrected chi connectivity index (χ3v) is 3.45. The molecule has 0 saturated carbocycles. The maximum absolute atomic E-state index is 11.8. The molecule has 0 fully saturated rings. The summed E-state index contributed by atoms with van der Waals surface area (Å²) in [6.07, 6.45) is 2.80. The van der Waals surface area contributed by atoms with Gasteiger partial charge in [0.1, 0.15) is 0 Å². The van der Waals surface area contributed by atoms with E-state index in [-0.39, 0.29) is 5.78 Å². The number of rotatable bonds is 6. The van der Waals surface area contributed by atoms with Crippen LogP contribution in [0.4, 0.5) is 5.69 Å². The normalized spacial score (nSPS) is 10.5. The maximum atomic E-state index is 11.8. The fourth-order valence-electron chi connectivity index (χ4n) is 1.91. The molecule has 25 heavy (non-hydrogen) atoms. The summed E-state index contributed by atoms with van der Waals surface area (Å²) >= 11 is 5.77. The molecule has 0 aliphatic rings. The van der Waals surface area contributed by atoms with E-state index in [4.69, 9.17) is 16.3 Å². The fraction of sp³-hybridized carbons (Fsp3) is 0.105. The van der Waals surface area contributed by atoms with Gasteiger partial charge in [-0.3, -0.25) is 9.59 Å². The summed E-state index contributed by atoms with van der Waals surface area (Å²) in [6, 6.07) is 13.4. The zero-order valence-electron chi connectivity index (χ0n) is 13.5. The highest BCUT2D eigenvalue weighted by atomic mass is 35.5. The number of esters is 1. The van der Waals surface area contributed by atoms with E-state index in [9.17, 15) is 14.4 Å². The van der Waals surface area contributed by atoms with Gasteiger partial charge in [-0.15, -0.1) is 0 Å². The minimum absolute atomic E-state index is 0.0562. The van der Waals surface area contributed by atoms with Crippen molar-refractivity contribution in [1.82, 2.24) is 0 Å². The van der Waals surface area contributed by atoms with E-state index in [1.807, 2.05) is 0 Å². The van der Waals surface area contributed by atoms with E-state index in [1.54, 1.807) is 54.6 Å². The van der Waals surface area contributed by atoms with Crippen molar-refractivity contribution in [2.24, 2.45) is 0 Å². The van der Waals surface area contributed by atoms with Gasteiger partial charge < -0.3 is 10.1 Å². The molecule has 0 bridgehead atoms. The van der Waals surface area contributed by atoms with Crippen molar-refractivity contribution in [3.05, 3.63) is 70.8 Å². The molecular weight excluding hydrogens is 342 g/mol. The highest BCUT2D eigenvalue weighted by Gasteiger charge is 2.06. The number of amides is 1. The lowest BCUT2D eigenvalue weighted by Gasteiger charge is -2.06. The van der Waals surface area contributed by atoms with Crippen molar-refractivity contribution in [2.45, 2.75) is 6.92 Å². The molecular formula is C19H16ClNO4. The molecule has 0 aliphatic heterocycles. The fourth-order valence-corrected chi connectivity index (χ4v) is 2.03. The minimum Gasteiger partial charge on any atom is -0.452 e. The van der Waals surface area contributed by atoms with Crippen LogP contribution in [0.3, 0.4) is 0 Å². The first-order chi connectivity index (χ1) is 11.9. The number of carbonyl (C=O) groups is 3. The quantitative estimate of drug-likeness (QED) is 0.485. The number of nitrogens with one attached hydrogen (secondary N) is 1. The zero-order valence-corrected chi connectivity index (χ0v) is 14.2. The highest BCUT2D eigenvalue weighted by Crippen LogP contribution is 2.11. The summed E-state index contributed by atoms with van der Waals surface area (Å²) in [5.41, 5.74) is 1.86. The first-order valence-electron chi connectivity index (χ1n) is 7.45. The van der Waals surface area contributed by atoms with Crippen molar-refractivity contribution >= 4 is 41.0 Å². The van der Waals surface area contributed by atoms with E-state index in [2.05, 4.69) is 5.32 Å². The number of hydrogen-bond donors (Lipinski definition) is 1. The second-order valence-corrected chi connectivity index (χ2v) is 5.61. The molecule has 1 amide bonds. The van der Waals surface area contributed by atoms with Crippen molar-refractivity contribution in [2.75, 3.05) is 11.9 Å². The summed E-state index contributed by atoms with van der Waals surface area (Å²) < 4.78 is 4.87. The van der Waals surface area contributed by atoms with Crippen LogP contribution in [0.2, 0.25) is 5.02 Å². The van der Waals surface area contributed by atoms with Crippen LogP contribution in [-0.2, 0) is 14.3 Å². The minimum atomic E-state index is -0.628. The monoisotopic (exact) mass is 357 g/mol. The number of hydrogen-bond acceptors (Lipinski definition) is 4. The third-order valence-electron chi connectivity index (χ3n) is 3.20. The van der Waals surface area contributed by atoms with E-state index in [0.29, 0.717) is 16.3 Å². The third kappa shape index (κ3) is 6.24. The van der Waals surface area contributed by atoms with Gasteiger partial charge in [0.15, 0.2) is 12.4 Å². The van der Waals surface area contributed by atoms with E-state index in [0.717, 1.165) is 5.56 Å². The Morgan fingerprint density at radius 3 is 2.28 bits per heavy atom. The molecule has 1 N–H and O–H groups in total. The van der Waals surface area contributed by atoms with Crippen LogP contribution in [-0.4, -0.2) is 24.3 Å². The summed E-state index contributed by atoms with van der Waals surface area (Å²) in [7, 11) is 0. The molecule has 0 aliphatic carbocycles. The van der Waals surface area contributed by atoms with Crippen molar-refractivity contribution in [1.29, 1.82) is 0 Å². The Morgan fingerprint density at radius 1 is 1.04 bits per heavy atom. The Kier molecular flexibility index (Phi) is 6.48. The van der Waals surface area contributed by atoms with Crippen LogP contribution in [0, 0.1) is 0 Å². The van der Waals surface area contributed by atoms with Crippen molar-refractivity contribution < 1.29 is 19.1 Å². The van der Waals surface area contributed by atoms with E-state index < -0.39 is 18.5 Å². The molecule has 0 saturated heterocycles. The van der Waals surface area contributed by atoms with Crippen LogP contribution >= 0.6 is 11.6 Å². The van der Waals surface area contributed by atoms with Gasteiger partial charge in [-0.2, -0.15) is 0 Å². The van der Waals surface area contributed by atoms with Gasteiger partial charge in [0.05, 0.1) is 0 Å². The topological polar surface area (TPSA) is 72.5 Å². The van der Waals surface area contributed by atoms with Crippen LogP contribution in [0.1, 0.15) is 22.8 Å². The van der Waals surface area contributed by atoms with Gasteiger partial charge in [-0.05, 0) is 55.0 Å². The lowest BCUT2D eigenvalue weighted by atomic mass is 10.1. The van der Waals surface area contributed by atoms with Crippen LogP contribution in [0.15, 0.2) is 54.6 Å². The Morgan fingerprint density at radius 2 is 1.68 bits per heavy atom. The zero-order chi connectivity index (χ0) is 18.2. The summed E-state index contributed by atoms with van der Waals surface area (Å²) in [5, 5.41) is 3.18. The molecule has 128 valence electrons. The van der Waals surface area contributed by atoms with Crippen molar-refractivity contribution in [3.63, 3.8) is 0 Å². The van der Waals surface area contributed by atoms with Gasteiger partial charge >= 0.3 is 5.97 Å². The number of ketones is 1. The first kappa shape index (κ1) is 18.4. The van der Waals surface area contributed by atoms with Crippen molar-refractivity contribution in [3.8, 4) is 0 Å². The molecule has 2 aromatic carbocycles. The predicted octanol–water partition coefficient (Wildman–Crippen LogP) is 3.74. The molecule has 0 radical (unpaired) electrons. The molecule has 0 atom stereocenters. The Labute approximate surface area is 150 Å². The van der Waals surface area contributed by atoms with Crippen LogP contribution < -0.4 is 5.32 Å². The molecule has 0 unspecified atom stereocenters. The predicted molar refractivity (Wildman–Crippen MR) is 96.5 cm³/mol. The molecule has 0 spiro atoms. The molecule has 6 heteroatoms. The average Bonchev–Trinajstić information content (AvgIpc) is 2.60. The number of benzene rings is 2. The van der Waals surface area contributed by atoms with E-state index in [1.165, 1.54) is 13.0 Å². The maximum Gasteiger partial charge on any atom is 0.331 e. The second kappa shape index (κ2) is 8.80. The molecule has 2 aromatic rings. The van der Waals surface area contributed by atoms with Gasteiger partial charge in [-0.1, -0.05) is 23.7 Å². The Bertz CT molecular complexity index is 795. The van der Waals surface area contributed by atoms with Gasteiger partial charge in [0.25, 0.3) is 5.91 Å². The number of carbonyl (C=O) groups excluding carboxylic acids is 3. The highest BCUT2D eigenvalue weighted by molar-refractivity contribution is 6.30. The molecule has 0 heterocycles. The summed E-state index contributed by atoms with van der Waals surface area (Å²) in [6.45, 7) is 1.06. The number of anilines is 1. The summed E-state index contributed by atoms with van der Waals surface area (Å²) in [4.78, 5) is 34.5. The smallest absolute Gasteiger partial charge is 0.331 e. The Hall–Kier alpha value is -2.92. The lowest BCUT2D eigenvalue weighted by Crippen LogP contribution is -2.20. The average molecular weight is 358 g/mol. The van der Waals surface area contributed by atoms with E-state index >= 15 is 0 Å². The number of Topliss-reactive ketones (excluding diaryl/α,β-unsaturated/α-hetero) is 1. The number of halogens is 1. The SMILES string of the molecule is CC(=O)c1ccc(NC(=O)COC(=O)C=Cc2ccc(Cl)cc2)cc1. The molecule has 2 rings (SSSR count). The second-order valence-electron chi connectivity index (χ2n) is 5.17. The first-order valence-corrected chi connectivity index (χ1v) is 7.83. The standard InChI is InChI=1S/C19H16ClNO4/c1-13(22)15-5-9-17(10-6-15)21-18(23)12-25-19(24)11-4-14-2-7-16(20)8-3-14/h2-11H,12H2,1H3,(H,21,23). The van der Waals surface area contributed by atoms with Crippen LogP contribution in [0.25, 0.3) is 6.08 Å². The molecule has 5 nitrogen and oxygen atoms in total. The molecule has 0 aromatic heterocycles. The largest absolute Gasteiger partial charge is 0.452 e. The lowest BCUT2D eigenvalue weighted by molar-refractivity contribution is -0.142. The Balaban J connectivity index is 1.79. The van der Waals surface area contributed by atoms with Gasteiger partial charge in [0, 0.05) is 22.3 Å². The summed E-state index contributed by atoms with van der Waals surface area (Å²) in [5.74, 6) is -1.15. The van der Waals surface area contributed by atoms with Gasteiger partial charge in [-0.25, -0.2) is 4.79 Å². The van der Waals surface area contributed by atoms with Crippen LogP contribution in [0.5, 0.6) is 0 Å².